The summed E-state index contributed by atoms with van der Waals surface area (Å²) in [6, 6.07) is 6.62. The minimum absolute atomic E-state index is 0.0286. The Kier molecular flexibility index (Phi) is 7.54. The first-order chi connectivity index (χ1) is 14.2. The lowest BCUT2D eigenvalue weighted by atomic mass is 10.1. The molecule has 1 N–H and O–H groups in total. The molecule has 158 valence electrons. The third-order valence-electron chi connectivity index (χ3n) is 3.90. The van der Waals surface area contributed by atoms with Gasteiger partial charge in [-0.05, 0) is 43.2 Å². The van der Waals surface area contributed by atoms with Crippen LogP contribution in [-0.2, 0) is 4.79 Å². The van der Waals surface area contributed by atoms with Crippen molar-refractivity contribution < 1.29 is 24.3 Å². The molecule has 0 saturated heterocycles. The quantitative estimate of drug-likeness (QED) is 0.267. The van der Waals surface area contributed by atoms with E-state index in [1.165, 1.54) is 6.07 Å². The second kappa shape index (κ2) is 9.89. The molecule has 1 heterocycles. The monoisotopic (exact) mass is 432 g/mol. The molecule has 0 amide bonds. The van der Waals surface area contributed by atoms with Gasteiger partial charge in [-0.3, -0.25) is 10.1 Å². The lowest BCUT2D eigenvalue weighted by molar-refractivity contribution is -0.387. The minimum atomic E-state index is -1.33. The van der Waals surface area contributed by atoms with Crippen LogP contribution in [0.2, 0.25) is 0 Å². The largest absolute Gasteiger partial charge is 0.479 e. The van der Waals surface area contributed by atoms with Gasteiger partial charge in [-0.2, -0.15) is 15.2 Å². The highest BCUT2D eigenvalue weighted by Gasteiger charge is 2.32. The molecule has 0 radical (unpaired) electrons. The number of thioether (sulfide) groups is 1. The van der Waals surface area contributed by atoms with Crippen LogP contribution in [0.25, 0.3) is 0 Å². The molecule has 2 rings (SSSR count). The fourth-order valence-corrected chi connectivity index (χ4v) is 2.79. The number of hydrogen-bond donors (Lipinski definition) is 1. The first-order valence-corrected chi connectivity index (χ1v) is 10.1. The van der Waals surface area contributed by atoms with Crippen molar-refractivity contribution in [2.24, 2.45) is 5.92 Å². The van der Waals surface area contributed by atoms with Crippen LogP contribution >= 0.6 is 11.8 Å². The summed E-state index contributed by atoms with van der Waals surface area (Å²) in [6.45, 7) is 5.32. The van der Waals surface area contributed by atoms with Gasteiger partial charge in [-0.1, -0.05) is 31.7 Å². The highest BCUT2D eigenvalue weighted by molar-refractivity contribution is 7.98. The highest BCUT2D eigenvalue weighted by Crippen LogP contribution is 2.39. The van der Waals surface area contributed by atoms with E-state index in [-0.39, 0.29) is 23.2 Å². The Labute approximate surface area is 177 Å². The van der Waals surface area contributed by atoms with Crippen molar-refractivity contribution in [1.29, 1.82) is 5.26 Å². The number of aryl methyl sites for hydroxylation is 1. The van der Waals surface area contributed by atoms with Gasteiger partial charge in [0.15, 0.2) is 11.3 Å². The van der Waals surface area contributed by atoms with E-state index in [9.17, 15) is 20.0 Å². The molecule has 0 spiro atoms. The van der Waals surface area contributed by atoms with E-state index in [4.69, 9.17) is 14.7 Å². The van der Waals surface area contributed by atoms with Gasteiger partial charge in [-0.15, -0.1) is 0 Å². The number of carboxylic acid groups (broad SMARTS) is 1. The van der Waals surface area contributed by atoms with Crippen molar-refractivity contribution in [2.45, 2.75) is 38.5 Å². The van der Waals surface area contributed by atoms with E-state index < -0.39 is 34.4 Å². The van der Waals surface area contributed by atoms with Crippen LogP contribution in [0.5, 0.6) is 17.5 Å². The first kappa shape index (κ1) is 22.9. The number of carboxylic acids is 1. The number of aliphatic carboxylic acids is 1. The number of nitriles is 1. The second-order valence-corrected chi connectivity index (χ2v) is 7.47. The van der Waals surface area contributed by atoms with Gasteiger partial charge in [0.2, 0.25) is 0 Å². The van der Waals surface area contributed by atoms with Crippen LogP contribution in [0.4, 0.5) is 5.69 Å². The zero-order valence-electron chi connectivity index (χ0n) is 16.8. The van der Waals surface area contributed by atoms with Gasteiger partial charge < -0.3 is 14.6 Å². The van der Waals surface area contributed by atoms with Gasteiger partial charge >= 0.3 is 23.4 Å². The molecule has 30 heavy (non-hydrogen) atoms. The molecule has 2 aromatic rings. The third-order valence-corrected chi connectivity index (χ3v) is 4.45. The van der Waals surface area contributed by atoms with Gasteiger partial charge in [0.25, 0.3) is 0 Å². The Morgan fingerprint density at radius 3 is 2.57 bits per heavy atom. The SMILES string of the molecule is CSc1nc(Oc2cc(C#N)ccc2C)c([N+](=O)[O-])c(OC(CC(C)C)C(=O)O)n1. The number of nitrogens with zero attached hydrogens (tertiary/aromatic N) is 4. The van der Waals surface area contributed by atoms with Gasteiger partial charge in [0, 0.05) is 0 Å². The molecule has 0 aliphatic carbocycles. The number of rotatable bonds is 9. The summed E-state index contributed by atoms with van der Waals surface area (Å²) in [4.78, 5) is 30.6. The number of carbonyl (C=O) groups is 1. The predicted molar refractivity (Wildman–Crippen MR) is 108 cm³/mol. The molecule has 11 heteroatoms. The van der Waals surface area contributed by atoms with Crippen LogP contribution < -0.4 is 9.47 Å². The van der Waals surface area contributed by atoms with Gasteiger partial charge in [-0.25, -0.2) is 4.79 Å². The molecule has 1 atom stereocenters. The Bertz CT molecular complexity index is 1010. The number of aromatic nitrogens is 2. The smallest absolute Gasteiger partial charge is 0.392 e. The summed E-state index contributed by atoms with van der Waals surface area (Å²) in [5.41, 5.74) is 0.236. The molecule has 0 aliphatic heterocycles. The average Bonchev–Trinajstić information content (AvgIpc) is 2.68. The molecular weight excluding hydrogens is 412 g/mol. The first-order valence-electron chi connectivity index (χ1n) is 8.84. The molecule has 1 unspecified atom stereocenters. The molecule has 0 saturated carbocycles. The summed E-state index contributed by atoms with van der Waals surface area (Å²) in [5, 5.41) is 30.4. The van der Waals surface area contributed by atoms with Crippen LogP contribution in [-0.4, -0.2) is 38.3 Å². The lowest BCUT2D eigenvalue weighted by Gasteiger charge is -2.17. The summed E-state index contributed by atoms with van der Waals surface area (Å²) in [5.74, 6) is -1.98. The van der Waals surface area contributed by atoms with E-state index >= 15 is 0 Å². The molecule has 0 fully saturated rings. The van der Waals surface area contributed by atoms with Gasteiger partial charge in [0.1, 0.15) is 5.75 Å². The number of ether oxygens (including phenoxy) is 2. The van der Waals surface area contributed by atoms with E-state index in [1.54, 1.807) is 39.2 Å². The number of hydrogen-bond acceptors (Lipinski definition) is 9. The van der Waals surface area contributed by atoms with E-state index in [2.05, 4.69) is 9.97 Å². The highest BCUT2D eigenvalue weighted by atomic mass is 32.2. The summed E-state index contributed by atoms with van der Waals surface area (Å²) < 4.78 is 11.1. The third kappa shape index (κ3) is 5.57. The normalized spacial score (nSPS) is 11.6. The van der Waals surface area contributed by atoms with Crippen LogP contribution in [0.3, 0.4) is 0 Å². The van der Waals surface area contributed by atoms with Crippen molar-refractivity contribution in [2.75, 3.05) is 6.26 Å². The van der Waals surface area contributed by atoms with Crippen molar-refractivity contribution in [3.05, 3.63) is 39.4 Å². The molecule has 0 bridgehead atoms. The number of benzene rings is 1. The van der Waals surface area contributed by atoms with Crippen molar-refractivity contribution >= 4 is 23.4 Å². The molecular formula is C19H20N4O6S. The standard InChI is InChI=1S/C19H20N4O6S/c1-10(2)7-14(18(24)25)29-17-15(23(26)27)16(21-19(22-17)30-4)28-13-8-12(9-20)6-5-11(13)3/h5-6,8,10,14H,7H2,1-4H3,(H,24,25). The summed E-state index contributed by atoms with van der Waals surface area (Å²) in [6.07, 6.45) is 0.453. The van der Waals surface area contributed by atoms with Crippen molar-refractivity contribution in [1.82, 2.24) is 9.97 Å². The maximum Gasteiger partial charge on any atom is 0.392 e. The Morgan fingerprint density at radius 1 is 1.37 bits per heavy atom. The van der Waals surface area contributed by atoms with E-state index in [0.29, 0.717) is 11.1 Å². The Hall–Kier alpha value is -3.39. The predicted octanol–water partition coefficient (Wildman–Crippen LogP) is 3.96. The molecule has 10 nitrogen and oxygen atoms in total. The summed E-state index contributed by atoms with van der Waals surface area (Å²) >= 11 is 1.08. The van der Waals surface area contributed by atoms with Crippen molar-refractivity contribution in [3.63, 3.8) is 0 Å². The molecule has 1 aromatic heterocycles. The van der Waals surface area contributed by atoms with E-state index in [1.807, 2.05) is 6.07 Å². The van der Waals surface area contributed by atoms with Crippen LogP contribution in [0.1, 0.15) is 31.4 Å². The summed E-state index contributed by atoms with van der Waals surface area (Å²) in [7, 11) is 0. The Balaban J connectivity index is 2.58. The zero-order valence-corrected chi connectivity index (χ0v) is 17.6. The van der Waals surface area contributed by atoms with Crippen LogP contribution in [0, 0.1) is 34.3 Å². The van der Waals surface area contributed by atoms with E-state index in [0.717, 1.165) is 11.8 Å². The number of nitro groups is 1. The minimum Gasteiger partial charge on any atom is -0.479 e. The Morgan fingerprint density at radius 2 is 2.03 bits per heavy atom. The molecule has 0 aliphatic rings. The molecule has 1 aromatic carbocycles. The fraction of sp³-hybridized carbons (Fsp3) is 0.368. The lowest BCUT2D eigenvalue weighted by Crippen LogP contribution is -2.29. The maximum atomic E-state index is 11.8. The topological polar surface area (TPSA) is 148 Å². The fourth-order valence-electron chi connectivity index (χ4n) is 2.44. The van der Waals surface area contributed by atoms with Crippen LogP contribution in [0.15, 0.2) is 23.4 Å². The zero-order chi connectivity index (χ0) is 22.4. The average molecular weight is 432 g/mol. The van der Waals surface area contributed by atoms with Crippen molar-refractivity contribution in [3.8, 4) is 23.6 Å². The maximum absolute atomic E-state index is 11.8. The second-order valence-electron chi connectivity index (χ2n) is 6.69. The van der Waals surface area contributed by atoms with Gasteiger partial charge in [0.05, 0.1) is 16.6 Å².